The second-order valence-electron chi connectivity index (χ2n) is 3.81. The van der Waals surface area contributed by atoms with Gasteiger partial charge in [0.25, 0.3) is 0 Å². The zero-order valence-corrected chi connectivity index (χ0v) is 11.7. The van der Waals surface area contributed by atoms with Crippen LogP contribution in [0.4, 0.5) is 0 Å². The highest BCUT2D eigenvalue weighted by Crippen LogP contribution is 2.25. The summed E-state index contributed by atoms with van der Waals surface area (Å²) in [6, 6.07) is 5.84. The second-order valence-corrected chi connectivity index (χ2v) is 4.22. The summed E-state index contributed by atoms with van der Waals surface area (Å²) in [4.78, 5) is 0. The molecule has 1 aromatic carbocycles. The number of ether oxygens (including phenoxy) is 2. The van der Waals surface area contributed by atoms with Gasteiger partial charge in [-0.3, -0.25) is 0 Å². The van der Waals surface area contributed by atoms with Crippen LogP contribution in [0.25, 0.3) is 0 Å². The van der Waals surface area contributed by atoms with Crippen LogP contribution in [-0.2, 0) is 11.3 Å². The van der Waals surface area contributed by atoms with Crippen molar-refractivity contribution < 1.29 is 9.47 Å². The quantitative estimate of drug-likeness (QED) is 0.581. The van der Waals surface area contributed by atoms with Crippen LogP contribution in [0.3, 0.4) is 0 Å². The third kappa shape index (κ3) is 5.54. The van der Waals surface area contributed by atoms with Gasteiger partial charge in [0.15, 0.2) is 0 Å². The Morgan fingerprint density at radius 1 is 1.39 bits per heavy atom. The Hall–Kier alpha value is -1.03. The summed E-state index contributed by atoms with van der Waals surface area (Å²) in [5.74, 6) is 0.718. The zero-order valence-electron chi connectivity index (χ0n) is 10.9. The van der Waals surface area contributed by atoms with Crippen LogP contribution in [0.15, 0.2) is 30.4 Å². The van der Waals surface area contributed by atoms with Crippen LogP contribution in [0.1, 0.15) is 12.5 Å². The highest BCUT2D eigenvalue weighted by Gasteiger charge is 2.02. The van der Waals surface area contributed by atoms with Crippen LogP contribution in [0.2, 0.25) is 5.02 Å². The molecule has 100 valence electrons. The zero-order chi connectivity index (χ0) is 13.2. The molecule has 18 heavy (non-hydrogen) atoms. The molecule has 0 aliphatic rings. The van der Waals surface area contributed by atoms with E-state index in [1.54, 1.807) is 7.11 Å². The minimum Gasteiger partial charge on any atom is -0.488 e. The number of hydrogen-bond donors (Lipinski definition) is 1. The maximum absolute atomic E-state index is 6.15. The lowest BCUT2D eigenvalue weighted by atomic mass is 10.2. The molecule has 0 saturated carbocycles. The van der Waals surface area contributed by atoms with Crippen molar-refractivity contribution in [2.45, 2.75) is 13.5 Å². The molecule has 1 rings (SSSR count). The lowest BCUT2D eigenvalue weighted by Crippen LogP contribution is -2.18. The standard InChI is InChI=1S/C14H20ClNO2/c1-3-4-8-18-14-6-5-12(10-13(14)15)11-16-7-9-17-2/h3-6,10,16H,7-9,11H2,1-2H3. The summed E-state index contributed by atoms with van der Waals surface area (Å²) in [7, 11) is 1.69. The van der Waals surface area contributed by atoms with Gasteiger partial charge >= 0.3 is 0 Å². The first kappa shape index (κ1) is 15.0. The van der Waals surface area contributed by atoms with Gasteiger partial charge in [0.2, 0.25) is 0 Å². The normalized spacial score (nSPS) is 11.1. The summed E-state index contributed by atoms with van der Waals surface area (Å²) >= 11 is 6.15. The minimum absolute atomic E-state index is 0.543. The maximum Gasteiger partial charge on any atom is 0.138 e. The van der Waals surface area contributed by atoms with E-state index in [0.717, 1.165) is 24.4 Å². The second kappa shape index (κ2) is 8.97. The molecule has 0 heterocycles. The van der Waals surface area contributed by atoms with Crippen LogP contribution in [0.5, 0.6) is 5.75 Å². The number of benzene rings is 1. The average molecular weight is 270 g/mol. The van der Waals surface area contributed by atoms with Crippen molar-refractivity contribution in [3.63, 3.8) is 0 Å². The summed E-state index contributed by atoms with van der Waals surface area (Å²) in [5.41, 5.74) is 1.13. The molecule has 3 nitrogen and oxygen atoms in total. The van der Waals surface area contributed by atoms with Crippen LogP contribution >= 0.6 is 11.6 Å². The van der Waals surface area contributed by atoms with E-state index >= 15 is 0 Å². The van der Waals surface area contributed by atoms with Crippen molar-refractivity contribution in [1.82, 2.24) is 5.32 Å². The van der Waals surface area contributed by atoms with Crippen molar-refractivity contribution in [2.75, 3.05) is 26.9 Å². The van der Waals surface area contributed by atoms with Gasteiger partial charge < -0.3 is 14.8 Å². The molecule has 1 N–H and O–H groups in total. The third-order valence-electron chi connectivity index (χ3n) is 2.38. The van der Waals surface area contributed by atoms with Crippen LogP contribution in [0, 0.1) is 0 Å². The molecule has 1 aromatic rings. The van der Waals surface area contributed by atoms with Crippen molar-refractivity contribution in [3.8, 4) is 5.75 Å². The van der Waals surface area contributed by atoms with Crippen molar-refractivity contribution in [2.24, 2.45) is 0 Å². The van der Waals surface area contributed by atoms with Gasteiger partial charge in [0, 0.05) is 20.2 Å². The van der Waals surface area contributed by atoms with Gasteiger partial charge in [0.1, 0.15) is 12.4 Å². The molecule has 0 unspecified atom stereocenters. The van der Waals surface area contributed by atoms with Gasteiger partial charge in [-0.15, -0.1) is 0 Å². The monoisotopic (exact) mass is 269 g/mol. The summed E-state index contributed by atoms with van der Waals surface area (Å²) < 4.78 is 10.5. The fraction of sp³-hybridized carbons (Fsp3) is 0.429. The molecular formula is C14H20ClNO2. The fourth-order valence-corrected chi connectivity index (χ4v) is 1.67. The molecule has 0 aromatic heterocycles. The lowest BCUT2D eigenvalue weighted by molar-refractivity contribution is 0.199. The Balaban J connectivity index is 2.45. The lowest BCUT2D eigenvalue weighted by Gasteiger charge is -2.08. The first-order valence-corrected chi connectivity index (χ1v) is 6.37. The van der Waals surface area contributed by atoms with E-state index in [-0.39, 0.29) is 0 Å². The summed E-state index contributed by atoms with van der Waals surface area (Å²) in [6.07, 6.45) is 3.89. The predicted octanol–water partition coefficient (Wildman–Crippen LogP) is 3.03. The third-order valence-corrected chi connectivity index (χ3v) is 2.67. The van der Waals surface area contributed by atoms with Gasteiger partial charge in [-0.1, -0.05) is 29.8 Å². The van der Waals surface area contributed by atoms with Crippen molar-refractivity contribution >= 4 is 11.6 Å². The van der Waals surface area contributed by atoms with E-state index < -0.39 is 0 Å². The van der Waals surface area contributed by atoms with Crippen LogP contribution < -0.4 is 10.1 Å². The van der Waals surface area contributed by atoms with Crippen molar-refractivity contribution in [3.05, 3.63) is 40.9 Å². The number of hydrogen-bond acceptors (Lipinski definition) is 3. The van der Waals surface area contributed by atoms with Crippen molar-refractivity contribution in [1.29, 1.82) is 0 Å². The summed E-state index contributed by atoms with van der Waals surface area (Å²) in [6.45, 7) is 4.81. The Morgan fingerprint density at radius 3 is 2.89 bits per heavy atom. The van der Waals surface area contributed by atoms with Gasteiger partial charge in [0.05, 0.1) is 11.6 Å². The highest BCUT2D eigenvalue weighted by molar-refractivity contribution is 6.32. The average Bonchev–Trinajstić information content (AvgIpc) is 2.37. The predicted molar refractivity (Wildman–Crippen MR) is 75.3 cm³/mol. The Labute approximate surface area is 114 Å². The maximum atomic E-state index is 6.15. The largest absolute Gasteiger partial charge is 0.488 e. The van der Waals surface area contributed by atoms with E-state index in [0.29, 0.717) is 18.2 Å². The van der Waals surface area contributed by atoms with E-state index in [1.165, 1.54) is 0 Å². The first-order chi connectivity index (χ1) is 8.77. The molecule has 0 radical (unpaired) electrons. The number of halogens is 1. The first-order valence-electron chi connectivity index (χ1n) is 6.00. The topological polar surface area (TPSA) is 30.5 Å². The Bertz CT molecular complexity index is 380. The molecule has 0 saturated heterocycles. The van der Waals surface area contributed by atoms with E-state index in [1.807, 2.05) is 37.3 Å². The van der Waals surface area contributed by atoms with Gasteiger partial charge in [-0.05, 0) is 24.6 Å². The van der Waals surface area contributed by atoms with E-state index in [2.05, 4.69) is 5.32 Å². The Morgan fingerprint density at radius 2 is 2.22 bits per heavy atom. The molecule has 0 atom stereocenters. The molecular weight excluding hydrogens is 250 g/mol. The number of rotatable bonds is 8. The number of nitrogens with one attached hydrogen (secondary N) is 1. The fourth-order valence-electron chi connectivity index (χ4n) is 1.41. The van der Waals surface area contributed by atoms with E-state index in [9.17, 15) is 0 Å². The van der Waals surface area contributed by atoms with Crippen LogP contribution in [-0.4, -0.2) is 26.9 Å². The molecule has 0 spiro atoms. The minimum atomic E-state index is 0.543. The smallest absolute Gasteiger partial charge is 0.138 e. The molecule has 0 bridgehead atoms. The number of methoxy groups -OCH3 is 1. The van der Waals surface area contributed by atoms with Gasteiger partial charge in [-0.25, -0.2) is 0 Å². The molecule has 0 aliphatic heterocycles. The highest BCUT2D eigenvalue weighted by atomic mass is 35.5. The molecule has 0 amide bonds. The molecule has 4 heteroatoms. The Kier molecular flexibility index (Phi) is 7.49. The summed E-state index contributed by atoms with van der Waals surface area (Å²) in [5, 5.41) is 3.91. The van der Waals surface area contributed by atoms with Gasteiger partial charge in [-0.2, -0.15) is 0 Å². The number of allylic oxidation sites excluding steroid dienone is 1. The molecule has 0 aliphatic carbocycles. The SMILES string of the molecule is CC=CCOc1ccc(CNCCOC)cc1Cl. The van der Waals surface area contributed by atoms with E-state index in [4.69, 9.17) is 21.1 Å². The molecule has 0 fully saturated rings.